The normalized spacial score (nSPS) is 11.9. The van der Waals surface area contributed by atoms with Gasteiger partial charge in [-0.3, -0.25) is 4.79 Å². The molecular weight excluding hydrogens is 216 g/mol. The number of carbonyl (C=O) groups is 1. The Kier molecular flexibility index (Phi) is 5.53. The van der Waals surface area contributed by atoms with Gasteiger partial charge in [0.15, 0.2) is 0 Å². The summed E-state index contributed by atoms with van der Waals surface area (Å²) in [6.45, 7) is 6.82. The van der Waals surface area contributed by atoms with Crippen LogP contribution in [0.2, 0.25) is 0 Å². The Morgan fingerprint density at radius 2 is 2.12 bits per heavy atom. The quantitative estimate of drug-likeness (QED) is 0.712. The van der Waals surface area contributed by atoms with Crippen LogP contribution in [0.5, 0.6) is 5.75 Å². The highest BCUT2D eigenvalue weighted by atomic mass is 16.5. The lowest BCUT2D eigenvalue weighted by Gasteiger charge is -2.12. The van der Waals surface area contributed by atoms with E-state index >= 15 is 0 Å². The zero-order valence-corrected chi connectivity index (χ0v) is 10.7. The van der Waals surface area contributed by atoms with Crippen LogP contribution >= 0.6 is 0 Å². The highest BCUT2D eigenvalue weighted by Gasteiger charge is 2.16. The lowest BCUT2D eigenvalue weighted by atomic mass is 10.0. The molecule has 3 heteroatoms. The minimum atomic E-state index is -0.250. The van der Waals surface area contributed by atoms with Crippen molar-refractivity contribution in [3.63, 3.8) is 0 Å². The molecule has 94 valence electrons. The first-order chi connectivity index (χ1) is 8.19. The zero-order chi connectivity index (χ0) is 12.7. The Hall–Kier alpha value is -1.51. The molecule has 0 bridgehead atoms. The lowest BCUT2D eigenvalue weighted by molar-refractivity contribution is -0.144. The van der Waals surface area contributed by atoms with Crippen molar-refractivity contribution < 1.29 is 14.3 Å². The van der Waals surface area contributed by atoms with Crippen LogP contribution in [0, 0.1) is 0 Å². The molecule has 0 fully saturated rings. The molecule has 0 aromatic heterocycles. The molecule has 1 rings (SSSR count). The molecule has 1 aromatic carbocycles. The van der Waals surface area contributed by atoms with E-state index < -0.39 is 0 Å². The second kappa shape index (κ2) is 6.94. The molecule has 0 radical (unpaired) electrons. The summed E-state index contributed by atoms with van der Waals surface area (Å²) < 4.78 is 10.5. The predicted molar refractivity (Wildman–Crippen MR) is 67.3 cm³/mol. The molecular formula is C14H20O3. The fraction of sp³-hybridized carbons (Fsp3) is 0.500. The topological polar surface area (TPSA) is 35.5 Å². The highest BCUT2D eigenvalue weighted by Crippen LogP contribution is 2.21. The van der Waals surface area contributed by atoms with E-state index in [-0.39, 0.29) is 11.9 Å². The maximum absolute atomic E-state index is 11.6. The van der Waals surface area contributed by atoms with Crippen LogP contribution in [0.1, 0.15) is 38.7 Å². The van der Waals surface area contributed by atoms with E-state index in [9.17, 15) is 4.79 Å². The number of hydrogen-bond donors (Lipinski definition) is 0. The van der Waals surface area contributed by atoms with Crippen LogP contribution in [0.3, 0.4) is 0 Å². The van der Waals surface area contributed by atoms with Crippen LogP contribution in [-0.2, 0) is 9.53 Å². The molecule has 0 spiro atoms. The molecule has 0 aliphatic heterocycles. The first-order valence-electron chi connectivity index (χ1n) is 6.08. The molecule has 0 N–H and O–H groups in total. The van der Waals surface area contributed by atoms with Crippen LogP contribution in [-0.4, -0.2) is 19.2 Å². The first kappa shape index (κ1) is 13.6. The number of esters is 1. The average Bonchev–Trinajstić information content (AvgIpc) is 2.36. The van der Waals surface area contributed by atoms with E-state index in [2.05, 4.69) is 6.92 Å². The smallest absolute Gasteiger partial charge is 0.313 e. The molecule has 3 nitrogen and oxygen atoms in total. The third-order valence-corrected chi connectivity index (χ3v) is 2.47. The van der Waals surface area contributed by atoms with E-state index in [1.807, 2.05) is 38.1 Å². The molecule has 1 aromatic rings. The largest absolute Gasteiger partial charge is 0.494 e. The Morgan fingerprint density at radius 3 is 2.76 bits per heavy atom. The Labute approximate surface area is 103 Å². The minimum absolute atomic E-state index is 0.194. The monoisotopic (exact) mass is 236 g/mol. The van der Waals surface area contributed by atoms with Crippen molar-refractivity contribution in [2.45, 2.75) is 33.1 Å². The lowest BCUT2D eigenvalue weighted by Crippen LogP contribution is -2.13. The fourth-order valence-corrected chi connectivity index (χ4v) is 1.50. The summed E-state index contributed by atoms with van der Waals surface area (Å²) in [6, 6.07) is 7.62. The Morgan fingerprint density at radius 1 is 1.35 bits per heavy atom. The molecule has 0 saturated heterocycles. The van der Waals surface area contributed by atoms with Gasteiger partial charge in [0.05, 0.1) is 19.1 Å². The van der Waals surface area contributed by atoms with Gasteiger partial charge in [-0.1, -0.05) is 19.1 Å². The van der Waals surface area contributed by atoms with Crippen molar-refractivity contribution >= 4 is 5.97 Å². The SMILES string of the molecule is CCCOc1cccc(C(C)C(=O)OCC)c1. The minimum Gasteiger partial charge on any atom is -0.494 e. The third-order valence-electron chi connectivity index (χ3n) is 2.47. The number of benzene rings is 1. The van der Waals surface area contributed by atoms with Crippen LogP contribution in [0.15, 0.2) is 24.3 Å². The molecule has 0 aliphatic rings. The van der Waals surface area contributed by atoms with Crippen molar-refractivity contribution in [2.75, 3.05) is 13.2 Å². The number of ether oxygens (including phenoxy) is 2. The average molecular weight is 236 g/mol. The summed E-state index contributed by atoms with van der Waals surface area (Å²) in [7, 11) is 0. The molecule has 0 aliphatic carbocycles. The maximum atomic E-state index is 11.6. The van der Waals surface area contributed by atoms with Gasteiger partial charge in [-0.25, -0.2) is 0 Å². The van der Waals surface area contributed by atoms with Gasteiger partial charge < -0.3 is 9.47 Å². The summed E-state index contributed by atoms with van der Waals surface area (Å²) in [4.78, 5) is 11.6. The molecule has 1 unspecified atom stereocenters. The molecule has 0 amide bonds. The van der Waals surface area contributed by atoms with Crippen molar-refractivity contribution in [3.05, 3.63) is 29.8 Å². The predicted octanol–water partition coefficient (Wildman–Crippen LogP) is 3.14. The second-order valence-electron chi connectivity index (χ2n) is 3.89. The van der Waals surface area contributed by atoms with Gasteiger partial charge in [0.1, 0.15) is 5.75 Å². The van der Waals surface area contributed by atoms with Crippen molar-refractivity contribution in [1.82, 2.24) is 0 Å². The summed E-state index contributed by atoms with van der Waals surface area (Å²) in [5.41, 5.74) is 0.928. The summed E-state index contributed by atoms with van der Waals surface area (Å²) in [6.07, 6.45) is 0.970. The van der Waals surface area contributed by atoms with Gasteiger partial charge in [0, 0.05) is 0 Å². The fourth-order valence-electron chi connectivity index (χ4n) is 1.50. The van der Waals surface area contributed by atoms with Crippen molar-refractivity contribution in [3.8, 4) is 5.75 Å². The molecule has 17 heavy (non-hydrogen) atoms. The Bertz CT molecular complexity index is 360. The van der Waals surface area contributed by atoms with Gasteiger partial charge in [-0.05, 0) is 38.0 Å². The van der Waals surface area contributed by atoms with Crippen LogP contribution in [0.25, 0.3) is 0 Å². The summed E-state index contributed by atoms with van der Waals surface area (Å²) >= 11 is 0. The second-order valence-corrected chi connectivity index (χ2v) is 3.89. The zero-order valence-electron chi connectivity index (χ0n) is 10.7. The van der Waals surface area contributed by atoms with Crippen molar-refractivity contribution in [2.24, 2.45) is 0 Å². The summed E-state index contributed by atoms with van der Waals surface area (Å²) in [5.74, 6) is 0.362. The van der Waals surface area contributed by atoms with Gasteiger partial charge >= 0.3 is 5.97 Å². The number of hydrogen-bond acceptors (Lipinski definition) is 3. The van der Waals surface area contributed by atoms with Gasteiger partial charge in [-0.15, -0.1) is 0 Å². The van der Waals surface area contributed by atoms with Crippen molar-refractivity contribution in [1.29, 1.82) is 0 Å². The van der Waals surface area contributed by atoms with Gasteiger partial charge in [0.2, 0.25) is 0 Å². The van der Waals surface area contributed by atoms with Crippen LogP contribution < -0.4 is 4.74 Å². The maximum Gasteiger partial charge on any atom is 0.313 e. The van der Waals surface area contributed by atoms with Crippen LogP contribution in [0.4, 0.5) is 0 Å². The molecule has 0 saturated carbocycles. The number of carbonyl (C=O) groups excluding carboxylic acids is 1. The van der Waals surface area contributed by atoms with E-state index in [1.54, 1.807) is 0 Å². The highest BCUT2D eigenvalue weighted by molar-refractivity contribution is 5.77. The van der Waals surface area contributed by atoms with E-state index in [1.165, 1.54) is 0 Å². The van der Waals surface area contributed by atoms with E-state index in [0.717, 1.165) is 17.7 Å². The first-order valence-corrected chi connectivity index (χ1v) is 6.08. The van der Waals surface area contributed by atoms with E-state index in [4.69, 9.17) is 9.47 Å². The molecule has 0 heterocycles. The Balaban J connectivity index is 2.72. The third kappa shape index (κ3) is 4.10. The summed E-state index contributed by atoms with van der Waals surface area (Å²) in [5, 5.41) is 0. The standard InChI is InChI=1S/C14H20O3/c1-4-9-17-13-8-6-7-12(10-13)11(3)14(15)16-5-2/h6-8,10-11H,4-5,9H2,1-3H3. The van der Waals surface area contributed by atoms with Gasteiger partial charge in [-0.2, -0.15) is 0 Å². The van der Waals surface area contributed by atoms with E-state index in [0.29, 0.717) is 13.2 Å². The molecule has 1 atom stereocenters. The number of rotatable bonds is 6. The van der Waals surface area contributed by atoms with Gasteiger partial charge in [0.25, 0.3) is 0 Å².